The predicted octanol–water partition coefficient (Wildman–Crippen LogP) is 3.65. The summed E-state index contributed by atoms with van der Waals surface area (Å²) < 4.78 is 7.57. The molecule has 1 atom stereocenters. The first kappa shape index (κ1) is 20.1. The number of hydrogen-bond donors (Lipinski definition) is 1. The molecular weight excluding hydrogens is 362 g/mol. The first-order chi connectivity index (χ1) is 14.0. The number of methoxy groups -OCH3 is 1. The van der Waals surface area contributed by atoms with Crippen molar-refractivity contribution >= 4 is 10.9 Å². The highest BCUT2D eigenvalue weighted by atomic mass is 16.5. The topological polar surface area (TPSA) is 50.5 Å². The molecule has 0 saturated carbocycles. The van der Waals surface area contributed by atoms with Crippen LogP contribution in [0.4, 0.5) is 0 Å². The fourth-order valence-electron chi connectivity index (χ4n) is 4.53. The quantitative estimate of drug-likeness (QED) is 0.623. The number of nitrogens with zero attached hydrogens (tertiary/aromatic N) is 3. The number of aryl methyl sites for hydroxylation is 1. The molecule has 3 heterocycles. The zero-order valence-electron chi connectivity index (χ0n) is 17.7. The number of fused-ring (bicyclic) bond motifs is 3. The van der Waals surface area contributed by atoms with Crippen molar-refractivity contribution in [2.24, 2.45) is 0 Å². The summed E-state index contributed by atoms with van der Waals surface area (Å²) in [6.07, 6.45) is 5.55. The van der Waals surface area contributed by atoms with E-state index in [0.29, 0.717) is 6.54 Å². The van der Waals surface area contributed by atoms with Gasteiger partial charge in [-0.3, -0.25) is 9.88 Å². The highest BCUT2D eigenvalue weighted by molar-refractivity contribution is 5.86. The second kappa shape index (κ2) is 8.27. The third-order valence-corrected chi connectivity index (χ3v) is 6.08. The van der Waals surface area contributed by atoms with Gasteiger partial charge in [0.2, 0.25) is 0 Å². The Morgan fingerprint density at radius 2 is 2.00 bits per heavy atom. The summed E-state index contributed by atoms with van der Waals surface area (Å²) in [6, 6.07) is 10.5. The molecule has 29 heavy (non-hydrogen) atoms. The number of hydrogen-bond acceptors (Lipinski definition) is 4. The van der Waals surface area contributed by atoms with Crippen LogP contribution in [-0.2, 0) is 29.8 Å². The van der Waals surface area contributed by atoms with Crippen LogP contribution in [0.1, 0.15) is 35.7 Å². The molecular formula is C24H31N3O2. The zero-order chi connectivity index (χ0) is 20.4. The molecule has 1 aromatic carbocycles. The molecule has 0 amide bonds. The lowest BCUT2D eigenvalue weighted by Crippen LogP contribution is -2.34. The van der Waals surface area contributed by atoms with Gasteiger partial charge in [0.25, 0.3) is 0 Å². The maximum atomic E-state index is 11.3. The fraction of sp³-hybridized carbons (Fsp3) is 0.458. The summed E-state index contributed by atoms with van der Waals surface area (Å²) >= 11 is 0. The van der Waals surface area contributed by atoms with Crippen LogP contribution in [-0.4, -0.2) is 46.4 Å². The van der Waals surface area contributed by atoms with Gasteiger partial charge in [-0.2, -0.15) is 0 Å². The van der Waals surface area contributed by atoms with Gasteiger partial charge in [-0.25, -0.2) is 0 Å². The Balaban J connectivity index is 1.70. The van der Waals surface area contributed by atoms with Crippen LogP contribution in [0, 0.1) is 6.92 Å². The Labute approximate surface area is 172 Å². The Kier molecular flexibility index (Phi) is 5.72. The number of ether oxygens (including phenoxy) is 1. The van der Waals surface area contributed by atoms with Crippen LogP contribution in [0.25, 0.3) is 10.9 Å². The maximum Gasteiger partial charge on any atom is 0.105 e. The van der Waals surface area contributed by atoms with Crippen LogP contribution >= 0.6 is 0 Å². The molecule has 1 aliphatic heterocycles. The highest BCUT2D eigenvalue weighted by Crippen LogP contribution is 2.34. The summed E-state index contributed by atoms with van der Waals surface area (Å²) in [5, 5.41) is 12.6. The van der Waals surface area contributed by atoms with Crippen molar-refractivity contribution in [1.29, 1.82) is 0 Å². The number of benzene rings is 1. The lowest BCUT2D eigenvalue weighted by molar-refractivity contribution is 0.0383. The van der Waals surface area contributed by atoms with E-state index in [0.717, 1.165) is 44.6 Å². The summed E-state index contributed by atoms with van der Waals surface area (Å²) in [5.41, 5.74) is 5.21. The van der Waals surface area contributed by atoms with Gasteiger partial charge in [-0.1, -0.05) is 11.6 Å². The van der Waals surface area contributed by atoms with Gasteiger partial charge in [0.15, 0.2) is 0 Å². The highest BCUT2D eigenvalue weighted by Gasteiger charge is 2.29. The number of rotatable bonds is 7. The molecule has 4 rings (SSSR count). The first-order valence-electron chi connectivity index (χ1n) is 10.4. The summed E-state index contributed by atoms with van der Waals surface area (Å²) in [6.45, 7) is 8.45. The molecule has 0 saturated heterocycles. The number of aliphatic hydroxyl groups is 1. The molecule has 3 aromatic rings. The third kappa shape index (κ3) is 4.08. The standard InChI is InChI=1S/C24H31N3O2/c1-18-5-6-22-20(15-18)21-16-26(12-4-14-29-3)13-9-23(21)27(22)17-24(2,28)19-7-10-25-11-8-19/h5-8,10-11,15,28H,4,9,12-14,16-17H2,1-3H3. The van der Waals surface area contributed by atoms with E-state index in [1.807, 2.05) is 19.1 Å². The molecule has 5 nitrogen and oxygen atoms in total. The molecule has 1 N–H and O–H groups in total. The summed E-state index contributed by atoms with van der Waals surface area (Å²) in [4.78, 5) is 6.61. The van der Waals surface area contributed by atoms with Gasteiger partial charge in [-0.15, -0.1) is 0 Å². The molecule has 2 aromatic heterocycles. The molecule has 0 fully saturated rings. The molecule has 0 radical (unpaired) electrons. The van der Waals surface area contributed by atoms with Gasteiger partial charge >= 0.3 is 0 Å². The average Bonchev–Trinajstić information content (AvgIpc) is 3.01. The zero-order valence-corrected chi connectivity index (χ0v) is 17.7. The fourth-order valence-corrected chi connectivity index (χ4v) is 4.53. The third-order valence-electron chi connectivity index (χ3n) is 6.08. The maximum absolute atomic E-state index is 11.3. The van der Waals surface area contributed by atoms with Gasteiger partial charge in [0.05, 0.1) is 6.54 Å². The van der Waals surface area contributed by atoms with Crippen molar-refractivity contribution < 1.29 is 9.84 Å². The van der Waals surface area contributed by atoms with E-state index in [4.69, 9.17) is 4.74 Å². The minimum absolute atomic E-state index is 0.537. The average molecular weight is 394 g/mol. The van der Waals surface area contributed by atoms with Gasteiger partial charge in [0.1, 0.15) is 5.60 Å². The van der Waals surface area contributed by atoms with Crippen LogP contribution < -0.4 is 0 Å². The van der Waals surface area contributed by atoms with Crippen LogP contribution in [0.2, 0.25) is 0 Å². The van der Waals surface area contributed by atoms with E-state index in [9.17, 15) is 5.11 Å². The predicted molar refractivity (Wildman–Crippen MR) is 116 cm³/mol. The minimum Gasteiger partial charge on any atom is -0.385 e. The molecule has 1 unspecified atom stereocenters. The Morgan fingerprint density at radius 3 is 2.76 bits per heavy atom. The summed E-state index contributed by atoms with van der Waals surface area (Å²) in [5.74, 6) is 0. The van der Waals surface area contributed by atoms with Crippen molar-refractivity contribution in [3.05, 3.63) is 65.1 Å². The van der Waals surface area contributed by atoms with Crippen molar-refractivity contribution in [3.63, 3.8) is 0 Å². The molecule has 5 heteroatoms. The van der Waals surface area contributed by atoms with E-state index >= 15 is 0 Å². The molecule has 0 bridgehead atoms. The molecule has 1 aliphatic rings. The molecule has 0 aliphatic carbocycles. The normalized spacial score (nSPS) is 16.7. The smallest absolute Gasteiger partial charge is 0.105 e. The van der Waals surface area contributed by atoms with Crippen molar-refractivity contribution in [2.75, 3.05) is 26.8 Å². The monoisotopic (exact) mass is 393 g/mol. The van der Waals surface area contributed by atoms with E-state index < -0.39 is 5.60 Å². The lowest BCUT2D eigenvalue weighted by Gasteiger charge is -2.30. The van der Waals surface area contributed by atoms with Gasteiger partial charge < -0.3 is 14.4 Å². The second-order valence-corrected chi connectivity index (χ2v) is 8.41. The van der Waals surface area contributed by atoms with E-state index in [1.54, 1.807) is 19.5 Å². The Morgan fingerprint density at radius 1 is 1.21 bits per heavy atom. The first-order valence-corrected chi connectivity index (χ1v) is 10.4. The largest absolute Gasteiger partial charge is 0.385 e. The lowest BCUT2D eigenvalue weighted by atomic mass is 9.96. The van der Waals surface area contributed by atoms with E-state index in [2.05, 4.69) is 39.6 Å². The molecule has 0 spiro atoms. The van der Waals surface area contributed by atoms with Crippen LogP contribution in [0.15, 0.2) is 42.7 Å². The Hall–Kier alpha value is -2.21. The van der Waals surface area contributed by atoms with Crippen molar-refractivity contribution in [1.82, 2.24) is 14.5 Å². The molecule has 154 valence electrons. The van der Waals surface area contributed by atoms with E-state index in [-0.39, 0.29) is 0 Å². The van der Waals surface area contributed by atoms with Gasteiger partial charge in [0, 0.05) is 68.8 Å². The minimum atomic E-state index is -0.955. The van der Waals surface area contributed by atoms with E-state index in [1.165, 1.54) is 27.7 Å². The second-order valence-electron chi connectivity index (χ2n) is 8.41. The van der Waals surface area contributed by atoms with Crippen molar-refractivity contribution in [2.45, 2.75) is 45.4 Å². The Bertz CT molecular complexity index is 979. The van der Waals surface area contributed by atoms with Crippen molar-refractivity contribution in [3.8, 4) is 0 Å². The van der Waals surface area contributed by atoms with Crippen LogP contribution in [0.5, 0.6) is 0 Å². The number of aromatic nitrogens is 2. The summed E-state index contributed by atoms with van der Waals surface area (Å²) in [7, 11) is 1.76. The number of pyridine rings is 1. The SMILES string of the molecule is COCCCN1CCc2c(c3cc(C)ccc3n2CC(C)(O)c2ccncc2)C1. The van der Waals surface area contributed by atoms with Crippen LogP contribution in [0.3, 0.4) is 0 Å². The van der Waals surface area contributed by atoms with Gasteiger partial charge in [-0.05, 0) is 55.7 Å².